The minimum atomic E-state index is -0.721. The molecule has 1 atom stereocenters. The number of anilines is 1. The molecule has 0 radical (unpaired) electrons. The van der Waals surface area contributed by atoms with Gasteiger partial charge in [0.25, 0.3) is 17.0 Å². The van der Waals surface area contributed by atoms with Gasteiger partial charge in [-0.15, -0.1) is 0 Å². The molecule has 0 saturated heterocycles. The molecule has 1 unspecified atom stereocenters. The number of hydrogen-bond donors (Lipinski definition) is 0. The number of aromatic nitrogens is 3. The van der Waals surface area contributed by atoms with Crippen molar-refractivity contribution in [2.24, 2.45) is 0 Å². The van der Waals surface area contributed by atoms with Gasteiger partial charge in [0.15, 0.2) is 0 Å². The molecule has 0 spiro atoms. The van der Waals surface area contributed by atoms with E-state index in [0.717, 1.165) is 41.4 Å². The van der Waals surface area contributed by atoms with Crippen LogP contribution in [0, 0.1) is 0 Å². The number of carbonyl (C=O) groups is 1. The molecule has 1 aromatic heterocycles. The molecular formula is C29H30N4O3S. The molecule has 3 aromatic carbocycles. The van der Waals surface area contributed by atoms with Crippen molar-refractivity contribution < 1.29 is 19.3 Å². The number of para-hydroxylation sites is 1. The molecule has 1 aliphatic heterocycles. The monoisotopic (exact) mass is 514 g/mol. The highest BCUT2D eigenvalue weighted by Gasteiger charge is 2.46. The van der Waals surface area contributed by atoms with Crippen LogP contribution in [-0.2, 0) is 4.79 Å². The first-order valence-electron chi connectivity index (χ1n) is 12.7. The molecule has 1 aliphatic rings. The number of thioether (sulfide) groups is 1. The molecule has 2 heterocycles. The standard InChI is InChI=1S/C29H30N4O3S/c1-4-6-18-37-29-30-27(35)26-22-13-9-10-14-23(22)32(19(3)34)28(33(26)31-29)25-21-12-8-7-11-20(21)15-16-24(25)36-17-5-2/h7-16,28H,4-6,17-18H2,1-3H3. The Morgan fingerprint density at radius 3 is 2.65 bits per heavy atom. The zero-order valence-electron chi connectivity index (χ0n) is 21.3. The largest absolute Gasteiger partial charge is 0.854 e. The summed E-state index contributed by atoms with van der Waals surface area (Å²) in [5.41, 5.74) is 2.46. The summed E-state index contributed by atoms with van der Waals surface area (Å²) in [7, 11) is 0. The molecular weight excluding hydrogens is 484 g/mol. The van der Waals surface area contributed by atoms with Gasteiger partial charge in [-0.05, 0) is 41.8 Å². The van der Waals surface area contributed by atoms with E-state index in [9.17, 15) is 9.90 Å². The molecule has 0 N–H and O–H groups in total. The first-order valence-corrected chi connectivity index (χ1v) is 13.7. The second-order valence-electron chi connectivity index (χ2n) is 9.02. The number of amides is 1. The van der Waals surface area contributed by atoms with Crippen LogP contribution in [0.5, 0.6) is 11.6 Å². The van der Waals surface area contributed by atoms with Gasteiger partial charge in [0.05, 0.1) is 29.3 Å². The van der Waals surface area contributed by atoms with Gasteiger partial charge in [-0.2, -0.15) is 0 Å². The van der Waals surface area contributed by atoms with Crippen molar-refractivity contribution in [2.75, 3.05) is 17.3 Å². The van der Waals surface area contributed by atoms with Crippen LogP contribution in [0.4, 0.5) is 5.69 Å². The third-order valence-corrected chi connectivity index (χ3v) is 7.36. The van der Waals surface area contributed by atoms with Gasteiger partial charge in [-0.1, -0.05) is 79.2 Å². The van der Waals surface area contributed by atoms with Crippen molar-refractivity contribution in [1.29, 1.82) is 0 Å². The van der Waals surface area contributed by atoms with Crippen LogP contribution in [0.25, 0.3) is 22.0 Å². The Morgan fingerprint density at radius 2 is 1.86 bits per heavy atom. The van der Waals surface area contributed by atoms with E-state index >= 15 is 0 Å². The smallest absolute Gasteiger partial charge is 0.297 e. The van der Waals surface area contributed by atoms with Crippen LogP contribution in [0.2, 0.25) is 0 Å². The molecule has 5 rings (SSSR count). The van der Waals surface area contributed by atoms with E-state index in [-0.39, 0.29) is 11.8 Å². The van der Waals surface area contributed by atoms with Crippen molar-refractivity contribution in [2.45, 2.75) is 51.4 Å². The Hall–Kier alpha value is -3.65. The highest BCUT2D eigenvalue weighted by Crippen LogP contribution is 2.44. The summed E-state index contributed by atoms with van der Waals surface area (Å²) in [6.45, 7) is 6.25. The summed E-state index contributed by atoms with van der Waals surface area (Å²) in [5.74, 6) is 0.967. The lowest BCUT2D eigenvalue weighted by atomic mass is 9.96. The molecule has 7 nitrogen and oxygen atoms in total. The number of carbonyl (C=O) groups excluding carboxylic acids is 1. The maximum absolute atomic E-state index is 13.5. The van der Waals surface area contributed by atoms with Gasteiger partial charge < -0.3 is 9.84 Å². The summed E-state index contributed by atoms with van der Waals surface area (Å²) in [6, 6.07) is 19.4. The Kier molecular flexibility index (Phi) is 7.28. The Balaban J connectivity index is 1.83. The molecule has 0 aliphatic carbocycles. The van der Waals surface area contributed by atoms with Gasteiger partial charge in [-0.25, -0.2) is 9.88 Å². The van der Waals surface area contributed by atoms with Gasteiger partial charge in [-0.3, -0.25) is 4.79 Å². The number of ether oxygens (including phenoxy) is 1. The molecule has 1 amide bonds. The molecule has 0 fully saturated rings. The average Bonchev–Trinajstić information content (AvgIpc) is 2.90. The zero-order valence-corrected chi connectivity index (χ0v) is 22.1. The summed E-state index contributed by atoms with van der Waals surface area (Å²) >= 11 is 1.46. The van der Waals surface area contributed by atoms with Crippen molar-refractivity contribution in [3.8, 4) is 22.9 Å². The summed E-state index contributed by atoms with van der Waals surface area (Å²) in [4.78, 5) is 19.4. The van der Waals surface area contributed by atoms with E-state index < -0.39 is 6.17 Å². The minimum absolute atomic E-state index is 0.156. The summed E-state index contributed by atoms with van der Waals surface area (Å²) in [5, 5.41) is 20.8. The molecule has 190 valence electrons. The maximum atomic E-state index is 13.5. The minimum Gasteiger partial charge on any atom is -0.854 e. The SMILES string of the molecule is CCCCSc1nc([O-])c2[n+](n1)C(c1c(OCCC)ccc3ccccc13)N(C(C)=O)c1ccccc1-2. The quantitative estimate of drug-likeness (QED) is 0.181. The lowest BCUT2D eigenvalue weighted by Gasteiger charge is -2.34. The topological polar surface area (TPSA) is 82.3 Å². The second kappa shape index (κ2) is 10.8. The third-order valence-electron chi connectivity index (χ3n) is 6.44. The van der Waals surface area contributed by atoms with Gasteiger partial charge in [0.2, 0.25) is 5.91 Å². The molecule has 0 bridgehead atoms. The number of nitrogens with zero attached hydrogens (tertiary/aromatic N) is 4. The van der Waals surface area contributed by atoms with Crippen molar-refractivity contribution in [3.63, 3.8) is 0 Å². The Labute approximate surface area is 221 Å². The Morgan fingerprint density at radius 1 is 1.08 bits per heavy atom. The van der Waals surface area contributed by atoms with E-state index in [0.29, 0.717) is 34.5 Å². The lowest BCUT2D eigenvalue weighted by molar-refractivity contribution is -0.764. The third kappa shape index (κ3) is 4.62. The molecule has 37 heavy (non-hydrogen) atoms. The van der Waals surface area contributed by atoms with Crippen molar-refractivity contribution in [1.82, 2.24) is 10.1 Å². The van der Waals surface area contributed by atoms with E-state index in [1.165, 1.54) is 11.8 Å². The second-order valence-corrected chi connectivity index (χ2v) is 10.1. The van der Waals surface area contributed by atoms with Crippen LogP contribution in [0.1, 0.15) is 51.8 Å². The van der Waals surface area contributed by atoms with Crippen molar-refractivity contribution >= 4 is 34.1 Å². The lowest BCUT2D eigenvalue weighted by Crippen LogP contribution is -2.59. The van der Waals surface area contributed by atoms with Crippen LogP contribution in [0.15, 0.2) is 65.8 Å². The fraction of sp³-hybridized carbons (Fsp3) is 0.310. The highest BCUT2D eigenvalue weighted by molar-refractivity contribution is 7.99. The predicted octanol–water partition coefficient (Wildman–Crippen LogP) is 5.25. The first-order chi connectivity index (χ1) is 18.0. The van der Waals surface area contributed by atoms with E-state index in [1.807, 2.05) is 60.7 Å². The predicted molar refractivity (Wildman–Crippen MR) is 144 cm³/mol. The van der Waals surface area contributed by atoms with Crippen LogP contribution in [-0.4, -0.2) is 28.3 Å². The van der Waals surface area contributed by atoms with Crippen LogP contribution < -0.4 is 19.4 Å². The number of unbranched alkanes of at least 4 members (excludes halogenated alkanes) is 1. The zero-order chi connectivity index (χ0) is 25.9. The number of hydrogen-bond acceptors (Lipinski definition) is 6. The highest BCUT2D eigenvalue weighted by atomic mass is 32.2. The van der Waals surface area contributed by atoms with E-state index in [1.54, 1.807) is 16.5 Å². The summed E-state index contributed by atoms with van der Waals surface area (Å²) in [6.07, 6.45) is 2.15. The molecule has 8 heteroatoms. The fourth-order valence-electron chi connectivity index (χ4n) is 4.78. The van der Waals surface area contributed by atoms with Crippen LogP contribution >= 0.6 is 11.8 Å². The fourth-order valence-corrected chi connectivity index (χ4v) is 5.69. The molecule has 0 saturated carbocycles. The number of fused-ring (bicyclic) bond motifs is 4. The van der Waals surface area contributed by atoms with Crippen molar-refractivity contribution in [3.05, 3.63) is 66.2 Å². The van der Waals surface area contributed by atoms with Gasteiger partial charge >= 0.3 is 0 Å². The number of benzene rings is 3. The number of rotatable bonds is 8. The average molecular weight is 515 g/mol. The maximum Gasteiger partial charge on any atom is 0.297 e. The normalized spacial score (nSPS) is 14.4. The van der Waals surface area contributed by atoms with E-state index in [2.05, 4.69) is 18.8 Å². The summed E-state index contributed by atoms with van der Waals surface area (Å²) < 4.78 is 7.93. The van der Waals surface area contributed by atoms with Crippen LogP contribution in [0.3, 0.4) is 0 Å². The van der Waals surface area contributed by atoms with Gasteiger partial charge in [0.1, 0.15) is 5.75 Å². The first kappa shape index (κ1) is 25.0. The van der Waals surface area contributed by atoms with E-state index in [4.69, 9.17) is 9.84 Å². The Bertz CT molecular complexity index is 1460. The van der Waals surface area contributed by atoms with Gasteiger partial charge in [0, 0.05) is 17.8 Å². The molecule has 4 aromatic rings.